The van der Waals surface area contributed by atoms with Crippen molar-refractivity contribution in [1.29, 1.82) is 0 Å². The van der Waals surface area contributed by atoms with Gasteiger partial charge in [-0.3, -0.25) is 4.79 Å². The van der Waals surface area contributed by atoms with Crippen molar-refractivity contribution in [3.05, 3.63) is 0 Å². The number of aliphatic hydroxyl groups is 1. The van der Waals surface area contributed by atoms with Gasteiger partial charge in [0, 0.05) is 13.7 Å². The van der Waals surface area contributed by atoms with Crippen molar-refractivity contribution < 1.29 is 19.7 Å². The molecule has 0 aliphatic rings. The van der Waals surface area contributed by atoms with Crippen molar-refractivity contribution in [2.45, 2.75) is 19.4 Å². The number of hydrogen-bond acceptors (Lipinski definition) is 4. The Morgan fingerprint density at radius 2 is 2.21 bits per heavy atom. The first-order chi connectivity index (χ1) is 6.61. The standard InChI is InChI=1S/C9H19NO4/c1-7(3-4-11)5-10-8(6-14-2)9(12)13/h7-8,10-11H,3-6H2,1-2H3,(H,12,13). The average Bonchev–Trinajstić information content (AvgIpc) is 2.12. The van der Waals surface area contributed by atoms with Gasteiger partial charge < -0.3 is 20.3 Å². The second-order valence-corrected chi connectivity index (χ2v) is 3.37. The fourth-order valence-corrected chi connectivity index (χ4v) is 1.05. The van der Waals surface area contributed by atoms with Crippen LogP contribution in [0.3, 0.4) is 0 Å². The molecule has 0 radical (unpaired) electrons. The molecule has 0 aromatic carbocycles. The van der Waals surface area contributed by atoms with Crippen molar-refractivity contribution >= 4 is 5.97 Å². The van der Waals surface area contributed by atoms with E-state index in [1.54, 1.807) is 0 Å². The van der Waals surface area contributed by atoms with Crippen LogP contribution >= 0.6 is 0 Å². The highest BCUT2D eigenvalue weighted by Gasteiger charge is 2.16. The van der Waals surface area contributed by atoms with E-state index in [0.29, 0.717) is 13.0 Å². The summed E-state index contributed by atoms with van der Waals surface area (Å²) in [4.78, 5) is 10.7. The van der Waals surface area contributed by atoms with E-state index in [-0.39, 0.29) is 19.1 Å². The predicted octanol–water partition coefficient (Wildman–Crippen LogP) is -0.306. The minimum absolute atomic E-state index is 0.130. The van der Waals surface area contributed by atoms with Crippen LogP contribution in [0.1, 0.15) is 13.3 Å². The second kappa shape index (κ2) is 7.73. The number of aliphatic hydroxyl groups excluding tert-OH is 1. The Morgan fingerprint density at radius 3 is 2.64 bits per heavy atom. The summed E-state index contributed by atoms with van der Waals surface area (Å²) in [6, 6.07) is -0.666. The third-order valence-electron chi connectivity index (χ3n) is 1.97. The van der Waals surface area contributed by atoms with Gasteiger partial charge in [-0.25, -0.2) is 0 Å². The third kappa shape index (κ3) is 5.90. The Balaban J connectivity index is 3.75. The summed E-state index contributed by atoms with van der Waals surface area (Å²) in [6.45, 7) is 2.81. The maximum Gasteiger partial charge on any atom is 0.323 e. The molecule has 2 atom stereocenters. The molecule has 0 amide bonds. The molecule has 0 saturated heterocycles. The summed E-state index contributed by atoms with van der Waals surface area (Å²) in [5, 5.41) is 20.3. The lowest BCUT2D eigenvalue weighted by atomic mass is 10.1. The molecule has 0 spiro atoms. The molecule has 84 valence electrons. The SMILES string of the molecule is COCC(NCC(C)CCO)C(=O)O. The van der Waals surface area contributed by atoms with E-state index in [1.807, 2.05) is 6.92 Å². The zero-order valence-electron chi connectivity index (χ0n) is 8.69. The molecular formula is C9H19NO4. The van der Waals surface area contributed by atoms with E-state index in [2.05, 4.69) is 5.32 Å². The molecule has 0 rings (SSSR count). The zero-order chi connectivity index (χ0) is 11.0. The highest BCUT2D eigenvalue weighted by Crippen LogP contribution is 1.99. The molecule has 0 fully saturated rings. The molecule has 0 aromatic rings. The number of ether oxygens (including phenoxy) is 1. The van der Waals surface area contributed by atoms with Crippen molar-refractivity contribution in [3.63, 3.8) is 0 Å². The maximum atomic E-state index is 10.7. The van der Waals surface area contributed by atoms with Crippen LogP contribution in [0, 0.1) is 5.92 Å². The topological polar surface area (TPSA) is 78.8 Å². The van der Waals surface area contributed by atoms with E-state index >= 15 is 0 Å². The van der Waals surface area contributed by atoms with Gasteiger partial charge in [-0.05, 0) is 18.9 Å². The lowest BCUT2D eigenvalue weighted by molar-refractivity contribution is -0.140. The minimum Gasteiger partial charge on any atom is -0.480 e. The molecule has 0 aliphatic carbocycles. The van der Waals surface area contributed by atoms with Gasteiger partial charge in [0.25, 0.3) is 0 Å². The van der Waals surface area contributed by atoms with Gasteiger partial charge in [-0.2, -0.15) is 0 Å². The molecule has 0 bridgehead atoms. The Morgan fingerprint density at radius 1 is 1.57 bits per heavy atom. The van der Waals surface area contributed by atoms with Gasteiger partial charge in [0.15, 0.2) is 0 Å². The summed E-state index contributed by atoms with van der Waals surface area (Å²) < 4.78 is 4.76. The van der Waals surface area contributed by atoms with Crippen molar-refractivity contribution in [3.8, 4) is 0 Å². The number of hydrogen-bond donors (Lipinski definition) is 3. The molecular weight excluding hydrogens is 186 g/mol. The van der Waals surface area contributed by atoms with Gasteiger partial charge in [-0.15, -0.1) is 0 Å². The van der Waals surface area contributed by atoms with E-state index < -0.39 is 12.0 Å². The van der Waals surface area contributed by atoms with E-state index in [9.17, 15) is 4.79 Å². The first-order valence-electron chi connectivity index (χ1n) is 4.67. The maximum absolute atomic E-state index is 10.7. The van der Waals surface area contributed by atoms with Crippen LogP contribution in [-0.4, -0.2) is 49.1 Å². The fraction of sp³-hybridized carbons (Fsp3) is 0.889. The van der Waals surface area contributed by atoms with Crippen molar-refractivity contribution in [2.75, 3.05) is 26.9 Å². The molecule has 3 N–H and O–H groups in total. The number of carboxylic acids is 1. The van der Waals surface area contributed by atoms with Crippen LogP contribution in [-0.2, 0) is 9.53 Å². The highest BCUT2D eigenvalue weighted by molar-refractivity contribution is 5.73. The van der Waals surface area contributed by atoms with E-state index in [0.717, 1.165) is 0 Å². The van der Waals surface area contributed by atoms with Crippen LogP contribution in [0.2, 0.25) is 0 Å². The Bertz CT molecular complexity index is 163. The van der Waals surface area contributed by atoms with Crippen molar-refractivity contribution in [2.24, 2.45) is 5.92 Å². The smallest absolute Gasteiger partial charge is 0.323 e. The van der Waals surface area contributed by atoms with Crippen LogP contribution in [0.25, 0.3) is 0 Å². The molecule has 2 unspecified atom stereocenters. The molecule has 5 nitrogen and oxygen atoms in total. The first kappa shape index (κ1) is 13.4. The fourth-order valence-electron chi connectivity index (χ4n) is 1.05. The third-order valence-corrected chi connectivity index (χ3v) is 1.97. The monoisotopic (exact) mass is 205 g/mol. The molecule has 0 saturated carbocycles. The van der Waals surface area contributed by atoms with Gasteiger partial charge in [0.1, 0.15) is 6.04 Å². The number of nitrogens with one attached hydrogen (secondary N) is 1. The van der Waals surface area contributed by atoms with E-state index in [1.165, 1.54) is 7.11 Å². The number of carbonyl (C=O) groups is 1. The van der Waals surface area contributed by atoms with Crippen LogP contribution < -0.4 is 5.32 Å². The van der Waals surface area contributed by atoms with Crippen LogP contribution in [0.5, 0.6) is 0 Å². The highest BCUT2D eigenvalue weighted by atomic mass is 16.5. The number of rotatable bonds is 8. The van der Waals surface area contributed by atoms with Gasteiger partial charge in [0.2, 0.25) is 0 Å². The molecule has 0 aliphatic heterocycles. The second-order valence-electron chi connectivity index (χ2n) is 3.37. The average molecular weight is 205 g/mol. The quantitative estimate of drug-likeness (QED) is 0.507. The number of methoxy groups -OCH3 is 1. The summed E-state index contributed by atoms with van der Waals surface area (Å²) in [6.07, 6.45) is 0.673. The summed E-state index contributed by atoms with van der Waals surface area (Å²) in [5.74, 6) is -0.651. The molecule has 0 heterocycles. The van der Waals surface area contributed by atoms with Crippen molar-refractivity contribution in [1.82, 2.24) is 5.32 Å². The normalized spacial score (nSPS) is 15.1. The van der Waals surface area contributed by atoms with Gasteiger partial charge >= 0.3 is 5.97 Å². The zero-order valence-corrected chi connectivity index (χ0v) is 8.69. The Hall–Kier alpha value is -0.650. The molecule has 5 heteroatoms. The largest absolute Gasteiger partial charge is 0.480 e. The van der Waals surface area contributed by atoms with Crippen LogP contribution in [0.15, 0.2) is 0 Å². The molecule has 0 aromatic heterocycles. The predicted molar refractivity (Wildman–Crippen MR) is 52.2 cm³/mol. The molecule has 14 heavy (non-hydrogen) atoms. The number of carboxylic acid groups (broad SMARTS) is 1. The summed E-state index contributed by atoms with van der Waals surface area (Å²) in [7, 11) is 1.47. The number of aliphatic carboxylic acids is 1. The van der Waals surface area contributed by atoms with Gasteiger partial charge in [0.05, 0.1) is 6.61 Å². The Kier molecular flexibility index (Phi) is 7.37. The first-order valence-corrected chi connectivity index (χ1v) is 4.67. The minimum atomic E-state index is -0.914. The van der Waals surface area contributed by atoms with Gasteiger partial charge in [-0.1, -0.05) is 6.92 Å². The Labute approximate surface area is 84.1 Å². The van der Waals surface area contributed by atoms with Crippen LogP contribution in [0.4, 0.5) is 0 Å². The summed E-state index contributed by atoms with van der Waals surface area (Å²) in [5.41, 5.74) is 0. The van der Waals surface area contributed by atoms with E-state index in [4.69, 9.17) is 14.9 Å². The lowest BCUT2D eigenvalue weighted by Crippen LogP contribution is -2.42. The lowest BCUT2D eigenvalue weighted by Gasteiger charge is -2.16. The summed E-state index contributed by atoms with van der Waals surface area (Å²) >= 11 is 0.